The minimum absolute atomic E-state index is 0.665. The lowest BCUT2D eigenvalue weighted by molar-refractivity contribution is 1.02. The second-order valence-electron chi connectivity index (χ2n) is 2.74. The molecule has 0 spiro atoms. The van der Waals surface area contributed by atoms with Gasteiger partial charge in [0.1, 0.15) is 10.3 Å². The van der Waals surface area contributed by atoms with Gasteiger partial charge in [-0.25, -0.2) is 0 Å². The van der Waals surface area contributed by atoms with Crippen molar-refractivity contribution in [3.05, 3.63) is 33.8 Å². The largest absolute Gasteiger partial charge is 0.267 e. The number of nitrogens with one attached hydrogen (secondary N) is 1. The third-order valence-corrected chi connectivity index (χ3v) is 3.04. The first-order valence-corrected chi connectivity index (χ1v) is 5.16. The van der Waals surface area contributed by atoms with Gasteiger partial charge < -0.3 is 0 Å². The summed E-state index contributed by atoms with van der Waals surface area (Å²) in [4.78, 5) is 1.20. The Labute approximate surface area is 85.3 Å². The monoisotopic (exact) mass is 208 g/mol. The molecule has 0 amide bonds. The number of hydrogen-bond acceptors (Lipinski definition) is 3. The number of H-pyrrole nitrogens is 1. The Balaban J connectivity index is 2.53. The Kier molecular flexibility index (Phi) is 2.24. The summed E-state index contributed by atoms with van der Waals surface area (Å²) in [6.45, 7) is 2.08. The Bertz CT molecular complexity index is 450. The molecule has 2 heterocycles. The molecule has 2 nitrogen and oxygen atoms in total. The molecule has 0 atom stereocenters. The SMILES string of the molecule is Cc1ccsc1-c1ccc(=S)[nH]n1. The van der Waals surface area contributed by atoms with Crippen LogP contribution >= 0.6 is 23.6 Å². The van der Waals surface area contributed by atoms with Gasteiger partial charge in [0.25, 0.3) is 0 Å². The van der Waals surface area contributed by atoms with Crippen LogP contribution in [0.5, 0.6) is 0 Å². The van der Waals surface area contributed by atoms with E-state index in [1.165, 1.54) is 10.4 Å². The van der Waals surface area contributed by atoms with Crippen LogP contribution in [0, 0.1) is 11.6 Å². The zero-order valence-electron chi connectivity index (χ0n) is 7.07. The maximum Gasteiger partial charge on any atom is 0.119 e. The fourth-order valence-corrected chi connectivity index (χ4v) is 2.12. The minimum atomic E-state index is 0.665. The van der Waals surface area contributed by atoms with Crippen molar-refractivity contribution in [2.45, 2.75) is 6.92 Å². The van der Waals surface area contributed by atoms with E-state index in [0.29, 0.717) is 4.64 Å². The Morgan fingerprint density at radius 2 is 2.23 bits per heavy atom. The quantitative estimate of drug-likeness (QED) is 0.729. The number of aryl methyl sites for hydroxylation is 1. The van der Waals surface area contributed by atoms with Crippen LogP contribution in [0.25, 0.3) is 10.6 Å². The van der Waals surface area contributed by atoms with Gasteiger partial charge in [-0.3, -0.25) is 5.10 Å². The highest BCUT2D eigenvalue weighted by atomic mass is 32.1. The summed E-state index contributed by atoms with van der Waals surface area (Å²) in [6, 6.07) is 5.89. The maximum absolute atomic E-state index is 4.92. The molecule has 0 unspecified atom stereocenters. The summed E-state index contributed by atoms with van der Waals surface area (Å²) in [7, 11) is 0. The Morgan fingerprint density at radius 3 is 2.77 bits per heavy atom. The zero-order chi connectivity index (χ0) is 9.26. The number of thiophene rings is 1. The molecule has 0 saturated heterocycles. The standard InChI is InChI=1S/C9H8N2S2/c1-6-4-5-13-9(6)7-2-3-8(12)11-10-7/h2-5H,1H3,(H,11,12). The van der Waals surface area contributed by atoms with E-state index in [9.17, 15) is 0 Å². The summed E-state index contributed by atoms with van der Waals surface area (Å²) in [5.74, 6) is 0. The molecule has 0 saturated carbocycles. The molecule has 0 bridgehead atoms. The third-order valence-electron chi connectivity index (χ3n) is 1.77. The smallest absolute Gasteiger partial charge is 0.119 e. The van der Waals surface area contributed by atoms with E-state index in [1.807, 2.05) is 12.1 Å². The first kappa shape index (κ1) is 8.59. The highest BCUT2D eigenvalue weighted by Gasteiger charge is 2.03. The fourth-order valence-electron chi connectivity index (χ4n) is 1.11. The minimum Gasteiger partial charge on any atom is -0.267 e. The van der Waals surface area contributed by atoms with Crippen molar-refractivity contribution in [3.8, 4) is 10.6 Å². The summed E-state index contributed by atoms with van der Waals surface area (Å²) >= 11 is 6.61. The molecule has 0 aliphatic heterocycles. The van der Waals surface area contributed by atoms with Crippen LogP contribution in [0.15, 0.2) is 23.6 Å². The molecule has 0 aromatic carbocycles. The highest BCUT2D eigenvalue weighted by molar-refractivity contribution is 7.71. The molecule has 0 aliphatic rings. The van der Waals surface area contributed by atoms with E-state index in [-0.39, 0.29) is 0 Å². The molecule has 0 fully saturated rings. The molecule has 2 rings (SSSR count). The lowest BCUT2D eigenvalue weighted by Crippen LogP contribution is -1.85. The molecular formula is C9H8N2S2. The number of rotatable bonds is 1. The van der Waals surface area contributed by atoms with Crippen molar-refractivity contribution in [1.29, 1.82) is 0 Å². The van der Waals surface area contributed by atoms with E-state index in [1.54, 1.807) is 11.3 Å². The van der Waals surface area contributed by atoms with Crippen molar-refractivity contribution < 1.29 is 0 Å². The van der Waals surface area contributed by atoms with Gasteiger partial charge in [-0.05, 0) is 36.1 Å². The van der Waals surface area contributed by atoms with Gasteiger partial charge in [-0.2, -0.15) is 5.10 Å². The van der Waals surface area contributed by atoms with Gasteiger partial charge in [0.2, 0.25) is 0 Å². The van der Waals surface area contributed by atoms with Crippen LogP contribution in [-0.4, -0.2) is 10.2 Å². The van der Waals surface area contributed by atoms with Crippen molar-refractivity contribution in [3.63, 3.8) is 0 Å². The van der Waals surface area contributed by atoms with Crippen LogP contribution in [0.4, 0.5) is 0 Å². The molecule has 13 heavy (non-hydrogen) atoms. The van der Waals surface area contributed by atoms with Crippen molar-refractivity contribution >= 4 is 23.6 Å². The average molecular weight is 208 g/mol. The van der Waals surface area contributed by atoms with Crippen molar-refractivity contribution in [2.24, 2.45) is 0 Å². The summed E-state index contributed by atoms with van der Waals surface area (Å²) in [5.41, 5.74) is 2.21. The summed E-state index contributed by atoms with van der Waals surface area (Å²) in [5, 5.41) is 9.01. The van der Waals surface area contributed by atoms with Gasteiger partial charge in [-0.1, -0.05) is 12.2 Å². The second-order valence-corrected chi connectivity index (χ2v) is 4.10. The molecule has 0 radical (unpaired) electrons. The number of aromatic nitrogens is 2. The van der Waals surface area contributed by atoms with E-state index >= 15 is 0 Å². The molecule has 2 aromatic rings. The van der Waals surface area contributed by atoms with Crippen LogP contribution < -0.4 is 0 Å². The van der Waals surface area contributed by atoms with Gasteiger partial charge >= 0.3 is 0 Å². The summed E-state index contributed by atoms with van der Waals surface area (Å²) in [6.07, 6.45) is 0. The zero-order valence-corrected chi connectivity index (χ0v) is 8.71. The molecule has 4 heteroatoms. The van der Waals surface area contributed by atoms with Crippen LogP contribution in [0.1, 0.15) is 5.56 Å². The van der Waals surface area contributed by atoms with Gasteiger partial charge in [0.15, 0.2) is 0 Å². The predicted octanol–water partition coefficient (Wildman–Crippen LogP) is 3.18. The Morgan fingerprint density at radius 1 is 1.38 bits per heavy atom. The number of aromatic amines is 1. The van der Waals surface area contributed by atoms with E-state index in [2.05, 4.69) is 28.6 Å². The Hall–Kier alpha value is -1.00. The van der Waals surface area contributed by atoms with Gasteiger partial charge in [0.05, 0.1) is 4.88 Å². The lowest BCUT2D eigenvalue weighted by atomic mass is 10.2. The van der Waals surface area contributed by atoms with Crippen LogP contribution in [-0.2, 0) is 0 Å². The average Bonchev–Trinajstić information content (AvgIpc) is 2.53. The highest BCUT2D eigenvalue weighted by Crippen LogP contribution is 2.26. The molecule has 0 aliphatic carbocycles. The summed E-state index contributed by atoms with van der Waals surface area (Å²) < 4.78 is 0.665. The van der Waals surface area contributed by atoms with Gasteiger partial charge in [0, 0.05) is 0 Å². The van der Waals surface area contributed by atoms with Crippen LogP contribution in [0.3, 0.4) is 0 Å². The van der Waals surface area contributed by atoms with E-state index in [4.69, 9.17) is 12.2 Å². The molecular weight excluding hydrogens is 200 g/mol. The topological polar surface area (TPSA) is 28.7 Å². The van der Waals surface area contributed by atoms with Crippen molar-refractivity contribution in [2.75, 3.05) is 0 Å². The maximum atomic E-state index is 4.92. The van der Waals surface area contributed by atoms with Crippen molar-refractivity contribution in [1.82, 2.24) is 10.2 Å². The second kappa shape index (κ2) is 3.40. The normalized spacial score (nSPS) is 10.2. The number of hydrogen-bond donors (Lipinski definition) is 1. The van der Waals surface area contributed by atoms with E-state index < -0.39 is 0 Å². The fraction of sp³-hybridized carbons (Fsp3) is 0.111. The molecule has 66 valence electrons. The molecule has 1 N–H and O–H groups in total. The first-order chi connectivity index (χ1) is 6.27. The number of nitrogens with zero attached hydrogens (tertiary/aromatic N) is 1. The van der Waals surface area contributed by atoms with Crippen LogP contribution in [0.2, 0.25) is 0 Å². The first-order valence-electron chi connectivity index (χ1n) is 3.87. The molecule has 2 aromatic heterocycles. The van der Waals surface area contributed by atoms with Gasteiger partial charge in [-0.15, -0.1) is 11.3 Å². The predicted molar refractivity (Wildman–Crippen MR) is 57.5 cm³/mol. The van der Waals surface area contributed by atoms with E-state index in [0.717, 1.165) is 5.69 Å². The lowest BCUT2D eigenvalue weighted by Gasteiger charge is -1.96. The third kappa shape index (κ3) is 1.68.